The number of phenolic OH excluding ortho intramolecular Hbond substituents is 3. The van der Waals surface area contributed by atoms with Gasteiger partial charge in [-0.1, -0.05) is 84.0 Å². The lowest BCUT2D eigenvalue weighted by Crippen LogP contribution is -2.04. The minimum Gasteiger partial charge on any atom is -0.504 e. The van der Waals surface area contributed by atoms with Crippen molar-refractivity contribution in [3.63, 3.8) is 0 Å². The molecule has 4 aromatic rings. The highest BCUT2D eigenvalue weighted by atomic mass is 79.9. The van der Waals surface area contributed by atoms with Crippen molar-refractivity contribution in [2.75, 3.05) is 13.2 Å². The van der Waals surface area contributed by atoms with Gasteiger partial charge in [-0.3, -0.25) is 0 Å². The molecule has 3 N–H and O–H groups in total. The van der Waals surface area contributed by atoms with Crippen LogP contribution in [-0.4, -0.2) is 40.5 Å². The van der Waals surface area contributed by atoms with Gasteiger partial charge in [0, 0.05) is 5.33 Å². The second kappa shape index (κ2) is 19.6. The first-order chi connectivity index (χ1) is 19.8. The van der Waals surface area contributed by atoms with Gasteiger partial charge in [-0.25, -0.2) is 9.59 Å². The summed E-state index contributed by atoms with van der Waals surface area (Å²) in [4.78, 5) is 22.6. The summed E-state index contributed by atoms with van der Waals surface area (Å²) < 4.78 is 15.1. The summed E-state index contributed by atoms with van der Waals surface area (Å²) in [6.45, 7) is 4.35. The van der Waals surface area contributed by atoms with Gasteiger partial charge >= 0.3 is 11.9 Å². The van der Waals surface area contributed by atoms with Gasteiger partial charge in [-0.05, 0) is 61.4 Å². The molecule has 9 heteroatoms. The van der Waals surface area contributed by atoms with E-state index in [1.54, 1.807) is 26.0 Å². The van der Waals surface area contributed by atoms with Crippen LogP contribution >= 0.6 is 15.9 Å². The number of hydrogen-bond donors (Lipinski definition) is 3. The molecule has 0 unspecified atom stereocenters. The molecule has 0 atom stereocenters. The van der Waals surface area contributed by atoms with E-state index in [9.17, 15) is 14.7 Å². The first-order valence-electron chi connectivity index (χ1n) is 12.7. The normalized spacial score (nSPS) is 9.50. The van der Waals surface area contributed by atoms with Crippen LogP contribution < -0.4 is 4.74 Å². The van der Waals surface area contributed by atoms with Gasteiger partial charge in [-0.15, -0.1) is 0 Å². The number of benzene rings is 4. The summed E-state index contributed by atoms with van der Waals surface area (Å²) >= 11 is 3.36. The van der Waals surface area contributed by atoms with Gasteiger partial charge in [0.15, 0.2) is 23.0 Å². The van der Waals surface area contributed by atoms with Crippen molar-refractivity contribution in [2.24, 2.45) is 0 Å². The number of alkyl halides is 1. The number of phenols is 3. The number of halogens is 1. The fraction of sp³-hybridized carbons (Fsp3) is 0.212. The maximum absolute atomic E-state index is 11.5. The third-order valence-corrected chi connectivity index (χ3v) is 5.84. The van der Waals surface area contributed by atoms with Crippen LogP contribution in [0.25, 0.3) is 0 Å². The first-order valence-corrected chi connectivity index (χ1v) is 13.9. The summed E-state index contributed by atoms with van der Waals surface area (Å²) in [5, 5.41) is 28.8. The molecule has 0 radical (unpaired) electrons. The van der Waals surface area contributed by atoms with Crippen LogP contribution in [0.1, 0.15) is 53.1 Å². The topological polar surface area (TPSA) is 123 Å². The molecule has 0 aliphatic carbocycles. The van der Waals surface area contributed by atoms with E-state index in [0.29, 0.717) is 24.5 Å². The monoisotopic (exact) mass is 640 g/mol. The van der Waals surface area contributed by atoms with Crippen molar-refractivity contribution in [3.8, 4) is 23.0 Å². The zero-order valence-electron chi connectivity index (χ0n) is 22.8. The lowest BCUT2D eigenvalue weighted by atomic mass is 10.2. The van der Waals surface area contributed by atoms with Gasteiger partial charge in [0.1, 0.15) is 6.61 Å². The van der Waals surface area contributed by atoms with Gasteiger partial charge in [0.2, 0.25) is 0 Å². The number of ether oxygens (including phenoxy) is 3. The average molecular weight is 642 g/mol. The number of carbonyl (C=O) groups is 2. The molecular weight excluding hydrogens is 604 g/mol. The van der Waals surface area contributed by atoms with Gasteiger partial charge in [0.05, 0.1) is 24.3 Å². The predicted molar refractivity (Wildman–Crippen MR) is 166 cm³/mol. The van der Waals surface area contributed by atoms with Crippen LogP contribution in [0.5, 0.6) is 23.0 Å². The lowest BCUT2D eigenvalue weighted by molar-refractivity contribution is 0.0516. The van der Waals surface area contributed by atoms with Gasteiger partial charge in [-0.2, -0.15) is 0 Å². The third kappa shape index (κ3) is 12.3. The smallest absolute Gasteiger partial charge is 0.338 e. The fourth-order valence-electron chi connectivity index (χ4n) is 3.15. The van der Waals surface area contributed by atoms with Crippen LogP contribution in [0.4, 0.5) is 0 Å². The Labute approximate surface area is 255 Å². The first kappa shape index (κ1) is 35.5. The molecule has 0 aliphatic heterocycles. The molecule has 8 nitrogen and oxygen atoms in total. The Morgan fingerprint density at radius 1 is 0.643 bits per heavy atom. The Morgan fingerprint density at radius 2 is 1.12 bits per heavy atom. The Hall–Kier alpha value is -4.50. The van der Waals surface area contributed by atoms with E-state index in [1.165, 1.54) is 23.8 Å². The van der Waals surface area contributed by atoms with Gasteiger partial charge < -0.3 is 29.5 Å². The van der Waals surface area contributed by atoms with Crippen LogP contribution in [0.2, 0.25) is 0 Å². The Morgan fingerprint density at radius 3 is 1.55 bits per heavy atom. The van der Waals surface area contributed by atoms with E-state index in [4.69, 9.17) is 24.4 Å². The zero-order valence-corrected chi connectivity index (χ0v) is 24.4. The molecule has 0 spiro atoms. The summed E-state index contributed by atoms with van der Waals surface area (Å²) in [6.07, 6.45) is 0. The number of esters is 2. The van der Waals surface area contributed by atoms with Crippen molar-refractivity contribution in [2.45, 2.75) is 33.2 Å². The average Bonchev–Trinajstić information content (AvgIpc) is 2.99. The molecule has 0 amide bonds. The molecule has 0 bridgehead atoms. The van der Waals surface area contributed by atoms with Crippen LogP contribution in [-0.2, 0) is 21.4 Å². The largest absolute Gasteiger partial charge is 0.504 e. The van der Waals surface area contributed by atoms with E-state index >= 15 is 0 Å². The van der Waals surface area contributed by atoms with E-state index in [2.05, 4.69) is 28.1 Å². The maximum atomic E-state index is 11.5. The molecule has 0 heterocycles. The van der Waals surface area contributed by atoms with E-state index in [0.717, 1.165) is 17.0 Å². The molecule has 0 fully saturated rings. The summed E-state index contributed by atoms with van der Waals surface area (Å²) in [5.74, 6) is -1.30. The molecule has 4 rings (SSSR count). The molecule has 224 valence electrons. The lowest BCUT2D eigenvalue weighted by Gasteiger charge is -2.09. The summed E-state index contributed by atoms with van der Waals surface area (Å²) in [5.41, 5.74) is 2.85. The SMILES string of the molecule is BrCc1ccccc1.C.CCOC(=O)c1ccc(O)c(O)c1.CCOC(=O)c1ccc(OCc2ccccc2)c(O)c1. The Balaban J connectivity index is 0.000000344. The second-order valence-electron chi connectivity index (χ2n) is 8.22. The van der Waals surface area contributed by atoms with Crippen molar-refractivity contribution in [3.05, 3.63) is 119 Å². The highest BCUT2D eigenvalue weighted by Crippen LogP contribution is 2.28. The molecule has 0 saturated carbocycles. The number of carbonyl (C=O) groups excluding carboxylic acids is 2. The zero-order chi connectivity index (χ0) is 30.0. The maximum Gasteiger partial charge on any atom is 0.338 e. The number of hydrogen-bond acceptors (Lipinski definition) is 8. The molecule has 4 aromatic carbocycles. The van der Waals surface area contributed by atoms with Crippen molar-refractivity contribution in [1.82, 2.24) is 0 Å². The Kier molecular flexibility index (Phi) is 16.5. The van der Waals surface area contributed by atoms with Crippen LogP contribution in [0.3, 0.4) is 0 Å². The van der Waals surface area contributed by atoms with Crippen molar-refractivity contribution < 1.29 is 39.1 Å². The molecule has 42 heavy (non-hydrogen) atoms. The highest BCUT2D eigenvalue weighted by Gasteiger charge is 2.11. The quantitative estimate of drug-likeness (QED) is 0.102. The third-order valence-electron chi connectivity index (χ3n) is 5.19. The molecular formula is C33H37BrO8. The van der Waals surface area contributed by atoms with E-state index in [-0.39, 0.29) is 36.8 Å². The summed E-state index contributed by atoms with van der Waals surface area (Å²) in [7, 11) is 0. The van der Waals surface area contributed by atoms with Crippen LogP contribution in [0, 0.1) is 0 Å². The molecule has 0 aromatic heterocycles. The number of aromatic hydroxyl groups is 3. The van der Waals surface area contributed by atoms with Crippen molar-refractivity contribution in [1.29, 1.82) is 0 Å². The Bertz CT molecular complexity index is 1360. The molecule has 0 saturated heterocycles. The highest BCUT2D eigenvalue weighted by molar-refractivity contribution is 9.08. The van der Waals surface area contributed by atoms with Crippen LogP contribution in [0.15, 0.2) is 97.1 Å². The fourth-order valence-corrected chi connectivity index (χ4v) is 3.52. The van der Waals surface area contributed by atoms with E-state index < -0.39 is 11.9 Å². The minimum absolute atomic E-state index is 0. The van der Waals surface area contributed by atoms with E-state index in [1.807, 2.05) is 48.5 Å². The molecule has 0 aliphatic rings. The standard InChI is InChI=1S/C16H16O4.C9H10O4.C7H7Br.CH4/c1-2-19-16(18)13-8-9-15(14(17)10-13)20-11-12-6-4-3-5-7-12;1-2-13-9(12)6-3-4-7(10)8(11)5-6;8-6-7-4-2-1-3-5-7;/h3-10,17H,2,11H2,1H3;3-5,10-11H,2H2,1H3;1-5H,6H2;1H4. The minimum atomic E-state index is -0.516. The second-order valence-corrected chi connectivity index (χ2v) is 8.78. The summed E-state index contributed by atoms with van der Waals surface area (Å²) in [6, 6.07) is 28.2. The van der Waals surface area contributed by atoms with Crippen molar-refractivity contribution >= 4 is 27.9 Å². The number of rotatable bonds is 8. The predicted octanol–water partition coefficient (Wildman–Crippen LogP) is 7.64. The van der Waals surface area contributed by atoms with Gasteiger partial charge in [0.25, 0.3) is 0 Å².